The van der Waals surface area contributed by atoms with E-state index in [0.29, 0.717) is 18.1 Å². The highest BCUT2D eigenvalue weighted by Crippen LogP contribution is 2.26. The standard InChI is InChI=1S/C13H18F3NO2/c1-2-8-18-11-5-3-4-6-12(11)19-9-7-17-10-13(14,15)16/h3-6,17H,2,7-10H2,1H3. The van der Waals surface area contributed by atoms with Crippen LogP contribution in [0.4, 0.5) is 13.2 Å². The van der Waals surface area contributed by atoms with Crippen molar-refractivity contribution in [3.05, 3.63) is 24.3 Å². The third-order valence-electron chi connectivity index (χ3n) is 2.17. The number of hydrogen-bond donors (Lipinski definition) is 1. The van der Waals surface area contributed by atoms with Crippen molar-refractivity contribution in [1.82, 2.24) is 5.32 Å². The molecule has 0 bridgehead atoms. The lowest BCUT2D eigenvalue weighted by Crippen LogP contribution is -2.31. The maximum Gasteiger partial charge on any atom is 0.401 e. The summed E-state index contributed by atoms with van der Waals surface area (Å²) in [5.41, 5.74) is 0. The third kappa shape index (κ3) is 6.91. The molecule has 0 saturated heterocycles. The summed E-state index contributed by atoms with van der Waals surface area (Å²) in [6.07, 6.45) is -3.32. The average Bonchev–Trinajstić information content (AvgIpc) is 2.36. The number of nitrogens with one attached hydrogen (secondary N) is 1. The normalized spacial score (nSPS) is 11.4. The van der Waals surface area contributed by atoms with Crippen LogP contribution in [-0.2, 0) is 0 Å². The van der Waals surface area contributed by atoms with E-state index in [4.69, 9.17) is 9.47 Å². The van der Waals surface area contributed by atoms with Gasteiger partial charge in [0.1, 0.15) is 6.61 Å². The van der Waals surface area contributed by atoms with Gasteiger partial charge in [-0.15, -0.1) is 0 Å². The third-order valence-corrected chi connectivity index (χ3v) is 2.17. The van der Waals surface area contributed by atoms with Gasteiger partial charge in [0.25, 0.3) is 0 Å². The summed E-state index contributed by atoms with van der Waals surface area (Å²) in [4.78, 5) is 0. The molecule has 0 heterocycles. The number of alkyl halides is 3. The van der Waals surface area contributed by atoms with Crippen LogP contribution >= 0.6 is 0 Å². The molecule has 6 heteroatoms. The summed E-state index contributed by atoms with van der Waals surface area (Å²) in [6, 6.07) is 7.11. The van der Waals surface area contributed by atoms with Crippen LogP contribution < -0.4 is 14.8 Å². The van der Waals surface area contributed by atoms with Crippen molar-refractivity contribution in [2.45, 2.75) is 19.5 Å². The van der Waals surface area contributed by atoms with Gasteiger partial charge < -0.3 is 14.8 Å². The fraction of sp³-hybridized carbons (Fsp3) is 0.538. The van der Waals surface area contributed by atoms with Crippen LogP contribution in [0.2, 0.25) is 0 Å². The molecule has 0 spiro atoms. The van der Waals surface area contributed by atoms with E-state index >= 15 is 0 Å². The molecule has 19 heavy (non-hydrogen) atoms. The van der Waals surface area contributed by atoms with Crippen LogP contribution in [0.5, 0.6) is 11.5 Å². The minimum atomic E-state index is -4.19. The Morgan fingerprint density at radius 3 is 2.16 bits per heavy atom. The molecule has 108 valence electrons. The number of rotatable bonds is 8. The largest absolute Gasteiger partial charge is 0.490 e. The zero-order valence-corrected chi connectivity index (χ0v) is 10.8. The molecule has 0 radical (unpaired) electrons. The molecule has 0 atom stereocenters. The van der Waals surface area contributed by atoms with E-state index < -0.39 is 12.7 Å². The van der Waals surface area contributed by atoms with Crippen molar-refractivity contribution in [1.29, 1.82) is 0 Å². The predicted molar refractivity (Wildman–Crippen MR) is 66.6 cm³/mol. The lowest BCUT2D eigenvalue weighted by molar-refractivity contribution is -0.124. The van der Waals surface area contributed by atoms with E-state index in [1.165, 1.54) is 0 Å². The molecule has 0 unspecified atom stereocenters. The summed E-state index contributed by atoms with van der Waals surface area (Å²) < 4.78 is 46.5. The molecular formula is C13H18F3NO2. The SMILES string of the molecule is CCCOc1ccccc1OCCNCC(F)(F)F. The Bertz CT molecular complexity index is 369. The van der Waals surface area contributed by atoms with Gasteiger partial charge in [-0.25, -0.2) is 0 Å². The summed E-state index contributed by atoms with van der Waals surface area (Å²) >= 11 is 0. The Hall–Kier alpha value is -1.43. The minimum absolute atomic E-state index is 0.127. The van der Waals surface area contributed by atoms with E-state index in [-0.39, 0.29) is 13.2 Å². The molecule has 0 fully saturated rings. The first-order valence-corrected chi connectivity index (χ1v) is 6.15. The molecule has 1 rings (SSSR count). The highest BCUT2D eigenvalue weighted by atomic mass is 19.4. The van der Waals surface area contributed by atoms with Gasteiger partial charge in [0.15, 0.2) is 11.5 Å². The van der Waals surface area contributed by atoms with E-state index in [1.807, 2.05) is 13.0 Å². The van der Waals surface area contributed by atoms with Crippen LogP contribution in [-0.4, -0.2) is 32.5 Å². The predicted octanol–water partition coefficient (Wildman–Crippen LogP) is 3.01. The van der Waals surface area contributed by atoms with Crippen LogP contribution in [0.15, 0.2) is 24.3 Å². The maximum atomic E-state index is 11.9. The average molecular weight is 277 g/mol. The molecule has 1 aromatic carbocycles. The van der Waals surface area contributed by atoms with Crippen molar-refractivity contribution in [2.24, 2.45) is 0 Å². The Morgan fingerprint density at radius 1 is 1.05 bits per heavy atom. The van der Waals surface area contributed by atoms with E-state index in [1.54, 1.807) is 18.2 Å². The zero-order chi connectivity index (χ0) is 14.1. The van der Waals surface area contributed by atoms with Gasteiger partial charge in [0.2, 0.25) is 0 Å². The molecule has 0 saturated carbocycles. The number of para-hydroxylation sites is 2. The van der Waals surface area contributed by atoms with Gasteiger partial charge in [-0.3, -0.25) is 0 Å². The summed E-state index contributed by atoms with van der Waals surface area (Å²) in [5.74, 6) is 1.16. The highest BCUT2D eigenvalue weighted by Gasteiger charge is 2.25. The molecule has 0 aliphatic carbocycles. The Morgan fingerprint density at radius 2 is 1.63 bits per heavy atom. The molecule has 1 N–H and O–H groups in total. The topological polar surface area (TPSA) is 30.5 Å². The Labute approximate surface area is 110 Å². The molecule has 1 aromatic rings. The van der Waals surface area contributed by atoms with Gasteiger partial charge in [-0.05, 0) is 18.6 Å². The molecule has 0 amide bonds. The maximum absolute atomic E-state index is 11.9. The quantitative estimate of drug-likeness (QED) is 0.741. The van der Waals surface area contributed by atoms with Crippen molar-refractivity contribution in [2.75, 3.05) is 26.3 Å². The van der Waals surface area contributed by atoms with Gasteiger partial charge in [0, 0.05) is 6.54 Å². The zero-order valence-electron chi connectivity index (χ0n) is 10.8. The smallest absolute Gasteiger partial charge is 0.401 e. The number of hydrogen-bond acceptors (Lipinski definition) is 3. The first-order valence-electron chi connectivity index (χ1n) is 6.15. The van der Waals surface area contributed by atoms with Crippen LogP contribution in [0, 0.1) is 0 Å². The van der Waals surface area contributed by atoms with Crippen molar-refractivity contribution >= 4 is 0 Å². The Kier molecular flexibility index (Phi) is 6.49. The lowest BCUT2D eigenvalue weighted by Gasteiger charge is -2.13. The molecule has 0 aliphatic rings. The molecule has 3 nitrogen and oxygen atoms in total. The van der Waals surface area contributed by atoms with Gasteiger partial charge in [0.05, 0.1) is 13.2 Å². The number of ether oxygens (including phenoxy) is 2. The summed E-state index contributed by atoms with van der Waals surface area (Å²) in [5, 5.41) is 2.27. The molecule has 0 aliphatic heterocycles. The molecule has 0 aromatic heterocycles. The fourth-order valence-corrected chi connectivity index (χ4v) is 1.36. The van der Waals surface area contributed by atoms with Crippen LogP contribution in [0.3, 0.4) is 0 Å². The van der Waals surface area contributed by atoms with Crippen molar-refractivity contribution in [3.8, 4) is 11.5 Å². The fourth-order valence-electron chi connectivity index (χ4n) is 1.36. The number of halogens is 3. The summed E-state index contributed by atoms with van der Waals surface area (Å²) in [7, 11) is 0. The van der Waals surface area contributed by atoms with E-state index in [0.717, 1.165) is 6.42 Å². The summed E-state index contributed by atoms with van der Waals surface area (Å²) in [6.45, 7) is 1.84. The second-order valence-electron chi connectivity index (χ2n) is 3.94. The second-order valence-corrected chi connectivity index (χ2v) is 3.94. The second kappa shape index (κ2) is 7.89. The first kappa shape index (κ1) is 15.6. The molecular weight excluding hydrogens is 259 g/mol. The van der Waals surface area contributed by atoms with Crippen LogP contribution in [0.1, 0.15) is 13.3 Å². The van der Waals surface area contributed by atoms with Gasteiger partial charge >= 0.3 is 6.18 Å². The highest BCUT2D eigenvalue weighted by molar-refractivity contribution is 5.39. The van der Waals surface area contributed by atoms with E-state index in [2.05, 4.69) is 5.32 Å². The van der Waals surface area contributed by atoms with Gasteiger partial charge in [-0.1, -0.05) is 19.1 Å². The van der Waals surface area contributed by atoms with Crippen LogP contribution in [0.25, 0.3) is 0 Å². The minimum Gasteiger partial charge on any atom is -0.490 e. The first-order chi connectivity index (χ1) is 9.03. The van der Waals surface area contributed by atoms with Gasteiger partial charge in [-0.2, -0.15) is 13.2 Å². The van der Waals surface area contributed by atoms with Crippen molar-refractivity contribution in [3.63, 3.8) is 0 Å². The van der Waals surface area contributed by atoms with Crippen molar-refractivity contribution < 1.29 is 22.6 Å². The lowest BCUT2D eigenvalue weighted by atomic mass is 10.3. The monoisotopic (exact) mass is 277 g/mol. The van der Waals surface area contributed by atoms with E-state index in [9.17, 15) is 13.2 Å². The Balaban J connectivity index is 2.32. The number of benzene rings is 1.